The maximum atomic E-state index is 12.7. The molecule has 2 aromatic heterocycles. The number of rotatable bonds is 6. The fourth-order valence-electron chi connectivity index (χ4n) is 3.61. The van der Waals surface area contributed by atoms with Gasteiger partial charge in [0.25, 0.3) is 0 Å². The van der Waals surface area contributed by atoms with Gasteiger partial charge < -0.3 is 4.90 Å². The van der Waals surface area contributed by atoms with E-state index >= 15 is 0 Å². The van der Waals surface area contributed by atoms with Crippen LogP contribution in [0.2, 0.25) is 5.02 Å². The largest absolute Gasteiger partial charge is 0.369 e. The van der Waals surface area contributed by atoms with Crippen molar-refractivity contribution in [2.75, 3.05) is 37.6 Å². The normalized spacial score (nSPS) is 14.9. The number of ketones is 1. The third-order valence-electron chi connectivity index (χ3n) is 5.28. The minimum Gasteiger partial charge on any atom is -0.369 e. The molecule has 0 unspecified atom stereocenters. The highest BCUT2D eigenvalue weighted by Gasteiger charge is 2.20. The zero-order valence-corrected chi connectivity index (χ0v) is 17.1. The van der Waals surface area contributed by atoms with Crippen LogP contribution < -0.4 is 4.90 Å². The number of halogens is 1. The van der Waals surface area contributed by atoms with Crippen molar-refractivity contribution in [3.05, 3.63) is 65.3 Å². The molecule has 1 saturated heterocycles. The third-order valence-corrected chi connectivity index (χ3v) is 5.51. The van der Waals surface area contributed by atoms with Crippen molar-refractivity contribution >= 4 is 23.1 Å². The van der Waals surface area contributed by atoms with Gasteiger partial charge in [-0.05, 0) is 25.1 Å². The minimum atomic E-state index is 0.106. The third kappa shape index (κ3) is 4.46. The number of anilines is 1. The van der Waals surface area contributed by atoms with Crippen LogP contribution in [0.15, 0.2) is 49.1 Å². The first kappa shape index (κ1) is 19.5. The first-order valence-electron chi connectivity index (χ1n) is 9.69. The minimum absolute atomic E-state index is 0.106. The van der Waals surface area contributed by atoms with Gasteiger partial charge in [-0.3, -0.25) is 14.7 Å². The maximum Gasteiger partial charge on any atom is 0.172 e. The van der Waals surface area contributed by atoms with E-state index in [9.17, 15) is 4.79 Å². The number of benzene rings is 1. The van der Waals surface area contributed by atoms with Gasteiger partial charge in [-0.1, -0.05) is 17.7 Å². The summed E-state index contributed by atoms with van der Waals surface area (Å²) in [5, 5.41) is 5.07. The van der Waals surface area contributed by atoms with Crippen molar-refractivity contribution < 1.29 is 4.79 Å². The monoisotopic (exact) mass is 410 g/mol. The average Bonchev–Trinajstić information content (AvgIpc) is 3.14. The van der Waals surface area contributed by atoms with Gasteiger partial charge >= 0.3 is 0 Å². The number of nitrogens with zero attached hydrogens (tertiary/aromatic N) is 6. The van der Waals surface area contributed by atoms with Crippen molar-refractivity contribution in [3.8, 4) is 5.82 Å². The molecule has 0 saturated carbocycles. The molecule has 0 N–H and O–H groups in total. The topological polar surface area (TPSA) is 67.2 Å². The molecule has 1 fully saturated rings. The summed E-state index contributed by atoms with van der Waals surface area (Å²) in [6.45, 7) is 6.35. The van der Waals surface area contributed by atoms with Crippen LogP contribution in [-0.2, 0) is 0 Å². The standard InChI is InChI=1S/C21H23ClN6O/c1-16-19(14-25-28(16)21-15-23-6-7-24-21)20(29)5-8-26-9-11-27(12-10-26)18-4-2-3-17(22)13-18/h2-4,6-7,13-15H,5,8-12H2,1H3. The van der Waals surface area contributed by atoms with Gasteiger partial charge in [-0.15, -0.1) is 0 Å². The summed E-state index contributed by atoms with van der Waals surface area (Å²) >= 11 is 6.10. The smallest absolute Gasteiger partial charge is 0.172 e. The van der Waals surface area contributed by atoms with Crippen LogP contribution in [0.1, 0.15) is 22.5 Å². The van der Waals surface area contributed by atoms with Crippen LogP contribution in [0.5, 0.6) is 0 Å². The Morgan fingerprint density at radius 3 is 2.69 bits per heavy atom. The molecule has 0 atom stereocenters. The van der Waals surface area contributed by atoms with Crippen molar-refractivity contribution in [1.82, 2.24) is 24.6 Å². The molecule has 0 aliphatic carbocycles. The van der Waals surface area contributed by atoms with Gasteiger partial charge in [0.15, 0.2) is 11.6 Å². The van der Waals surface area contributed by atoms with Crippen LogP contribution in [-0.4, -0.2) is 63.2 Å². The van der Waals surface area contributed by atoms with Crippen LogP contribution in [0.4, 0.5) is 5.69 Å². The fourth-order valence-corrected chi connectivity index (χ4v) is 3.80. The van der Waals surface area contributed by atoms with Gasteiger partial charge in [0.05, 0.1) is 23.7 Å². The van der Waals surface area contributed by atoms with Crippen molar-refractivity contribution in [1.29, 1.82) is 0 Å². The van der Waals surface area contributed by atoms with Crippen LogP contribution in [0.25, 0.3) is 5.82 Å². The molecule has 4 rings (SSSR count). The van der Waals surface area contributed by atoms with E-state index in [1.165, 1.54) is 0 Å². The lowest BCUT2D eigenvalue weighted by Gasteiger charge is -2.36. The molecule has 3 heterocycles. The molecule has 0 bridgehead atoms. The predicted octanol–water partition coefficient (Wildman–Crippen LogP) is 3.02. The van der Waals surface area contributed by atoms with Gasteiger partial charge in [-0.25, -0.2) is 9.67 Å². The summed E-state index contributed by atoms with van der Waals surface area (Å²) in [6, 6.07) is 7.95. The highest BCUT2D eigenvalue weighted by molar-refractivity contribution is 6.30. The van der Waals surface area contributed by atoms with Gasteiger partial charge in [0, 0.05) is 62.2 Å². The van der Waals surface area contributed by atoms with Gasteiger partial charge in [0.1, 0.15) is 0 Å². The predicted molar refractivity (Wildman–Crippen MR) is 113 cm³/mol. The van der Waals surface area contributed by atoms with Crippen molar-refractivity contribution in [2.45, 2.75) is 13.3 Å². The van der Waals surface area contributed by atoms with E-state index in [2.05, 4.69) is 30.9 Å². The molecular formula is C21H23ClN6O. The lowest BCUT2D eigenvalue weighted by molar-refractivity contribution is 0.0962. The Labute approximate surface area is 174 Å². The molecule has 150 valence electrons. The molecular weight excluding hydrogens is 388 g/mol. The van der Waals surface area contributed by atoms with E-state index < -0.39 is 0 Å². The van der Waals surface area contributed by atoms with Crippen LogP contribution in [0, 0.1) is 6.92 Å². The summed E-state index contributed by atoms with van der Waals surface area (Å²) in [6.07, 6.45) is 6.96. The molecule has 0 spiro atoms. The van der Waals surface area contributed by atoms with Crippen LogP contribution in [0.3, 0.4) is 0 Å². The average molecular weight is 411 g/mol. The summed E-state index contributed by atoms with van der Waals surface area (Å²) in [4.78, 5) is 25.7. The Kier molecular flexibility index (Phi) is 5.87. The number of Topliss-reactive ketones (excluding diaryl/α,β-unsaturated/α-hetero) is 1. The van der Waals surface area contributed by atoms with Crippen molar-refractivity contribution in [3.63, 3.8) is 0 Å². The summed E-state index contributed by atoms with van der Waals surface area (Å²) in [5.41, 5.74) is 2.59. The van der Waals surface area contributed by atoms with Gasteiger partial charge in [0.2, 0.25) is 0 Å². The summed E-state index contributed by atoms with van der Waals surface area (Å²) in [7, 11) is 0. The summed E-state index contributed by atoms with van der Waals surface area (Å²) < 4.78 is 1.66. The van der Waals surface area contributed by atoms with E-state index in [1.807, 2.05) is 25.1 Å². The molecule has 1 aliphatic rings. The number of hydrogen-bond acceptors (Lipinski definition) is 6. The molecule has 0 radical (unpaired) electrons. The van der Waals surface area contributed by atoms with E-state index in [1.54, 1.807) is 29.5 Å². The summed E-state index contributed by atoms with van der Waals surface area (Å²) in [5.74, 6) is 0.719. The molecule has 8 heteroatoms. The van der Waals surface area contributed by atoms with Crippen LogP contribution >= 0.6 is 11.6 Å². The number of hydrogen-bond donors (Lipinski definition) is 0. The second kappa shape index (κ2) is 8.71. The van der Waals surface area contributed by atoms with E-state index in [-0.39, 0.29) is 5.78 Å². The molecule has 0 amide bonds. The zero-order chi connectivity index (χ0) is 20.2. The molecule has 1 aliphatic heterocycles. The molecule has 3 aromatic rings. The SMILES string of the molecule is Cc1c(C(=O)CCN2CCN(c3cccc(Cl)c3)CC2)cnn1-c1cnccn1. The lowest BCUT2D eigenvalue weighted by atomic mass is 10.1. The maximum absolute atomic E-state index is 12.7. The number of piperazine rings is 1. The zero-order valence-electron chi connectivity index (χ0n) is 16.3. The number of carbonyl (C=O) groups is 1. The molecule has 29 heavy (non-hydrogen) atoms. The quantitative estimate of drug-likeness (QED) is 0.582. The highest BCUT2D eigenvalue weighted by atomic mass is 35.5. The Morgan fingerprint density at radius 1 is 1.14 bits per heavy atom. The van der Waals surface area contributed by atoms with Gasteiger partial charge in [-0.2, -0.15) is 5.10 Å². The first-order chi connectivity index (χ1) is 14.1. The Balaban J connectivity index is 1.31. The van der Waals surface area contributed by atoms with E-state index in [4.69, 9.17) is 11.6 Å². The first-order valence-corrected chi connectivity index (χ1v) is 10.1. The molecule has 1 aromatic carbocycles. The number of carbonyl (C=O) groups excluding carboxylic acids is 1. The molecule has 7 nitrogen and oxygen atoms in total. The van der Waals surface area contributed by atoms with Crippen molar-refractivity contribution in [2.24, 2.45) is 0 Å². The lowest BCUT2D eigenvalue weighted by Crippen LogP contribution is -2.46. The second-order valence-corrected chi connectivity index (χ2v) is 7.54. The fraction of sp³-hybridized carbons (Fsp3) is 0.333. The highest BCUT2D eigenvalue weighted by Crippen LogP contribution is 2.21. The Hall–Kier alpha value is -2.77. The Bertz CT molecular complexity index is 982. The second-order valence-electron chi connectivity index (χ2n) is 7.10. The van der Waals surface area contributed by atoms with E-state index in [0.717, 1.165) is 49.1 Å². The Morgan fingerprint density at radius 2 is 1.97 bits per heavy atom. The number of aromatic nitrogens is 4. The van der Waals surface area contributed by atoms with E-state index in [0.29, 0.717) is 17.8 Å².